The molecule has 4 heteroatoms. The van der Waals surface area contributed by atoms with Gasteiger partial charge in [-0.1, -0.05) is 12.8 Å². The minimum Gasteiger partial charge on any atom is -0.357 e. The molecule has 2 heterocycles. The van der Waals surface area contributed by atoms with Gasteiger partial charge in [-0.2, -0.15) is 4.98 Å². The molecule has 1 unspecified atom stereocenters. The second-order valence-corrected chi connectivity index (χ2v) is 4.83. The van der Waals surface area contributed by atoms with Crippen LogP contribution in [0.2, 0.25) is 0 Å². The Morgan fingerprint density at radius 3 is 2.88 bits per heavy atom. The first kappa shape index (κ1) is 12.1. The second kappa shape index (κ2) is 5.34. The monoisotopic (exact) mass is 234 g/mol. The molecule has 1 atom stereocenters. The van der Waals surface area contributed by atoms with Crippen LogP contribution in [0.1, 0.15) is 38.3 Å². The molecule has 1 aromatic rings. The summed E-state index contributed by atoms with van der Waals surface area (Å²) in [5, 5.41) is 3.03. The van der Waals surface area contributed by atoms with Crippen LogP contribution in [0.25, 0.3) is 0 Å². The fraction of sp³-hybridized carbons (Fsp3) is 0.692. The summed E-state index contributed by atoms with van der Waals surface area (Å²) in [4.78, 5) is 11.3. The summed E-state index contributed by atoms with van der Waals surface area (Å²) in [5.74, 6) is 1.78. The lowest BCUT2D eigenvalue weighted by molar-refractivity contribution is 0.610. The zero-order valence-corrected chi connectivity index (χ0v) is 11.0. The molecule has 0 aliphatic carbocycles. The third-order valence-electron chi connectivity index (χ3n) is 3.41. The van der Waals surface area contributed by atoms with E-state index in [0.717, 1.165) is 24.0 Å². The average molecular weight is 234 g/mol. The molecule has 0 bridgehead atoms. The van der Waals surface area contributed by atoms with Crippen molar-refractivity contribution in [3.05, 3.63) is 11.8 Å². The summed E-state index contributed by atoms with van der Waals surface area (Å²) in [6.07, 6.45) is 5.20. The fourth-order valence-corrected chi connectivity index (χ4v) is 2.43. The van der Waals surface area contributed by atoms with E-state index < -0.39 is 0 Å². The number of hydrogen-bond acceptors (Lipinski definition) is 4. The van der Waals surface area contributed by atoms with Crippen LogP contribution in [-0.4, -0.2) is 29.6 Å². The van der Waals surface area contributed by atoms with Crippen LogP contribution in [0.3, 0.4) is 0 Å². The van der Waals surface area contributed by atoms with Gasteiger partial charge in [-0.05, 0) is 26.7 Å². The van der Waals surface area contributed by atoms with Crippen molar-refractivity contribution in [3.8, 4) is 0 Å². The van der Waals surface area contributed by atoms with E-state index in [0.29, 0.717) is 6.04 Å². The summed E-state index contributed by atoms with van der Waals surface area (Å²) in [6, 6.07) is 2.67. The van der Waals surface area contributed by atoms with Crippen molar-refractivity contribution in [3.63, 3.8) is 0 Å². The number of hydrogen-bond donors (Lipinski definition) is 1. The van der Waals surface area contributed by atoms with Crippen LogP contribution in [0.4, 0.5) is 11.8 Å². The fourth-order valence-electron chi connectivity index (χ4n) is 2.43. The molecule has 1 saturated heterocycles. The third-order valence-corrected chi connectivity index (χ3v) is 3.41. The number of nitrogens with one attached hydrogen (secondary N) is 1. The Labute approximate surface area is 103 Å². The first-order valence-corrected chi connectivity index (χ1v) is 6.51. The number of aromatic nitrogens is 2. The van der Waals surface area contributed by atoms with Crippen molar-refractivity contribution in [2.24, 2.45) is 0 Å². The van der Waals surface area contributed by atoms with Gasteiger partial charge in [0.25, 0.3) is 0 Å². The van der Waals surface area contributed by atoms with E-state index in [9.17, 15) is 0 Å². The van der Waals surface area contributed by atoms with Crippen molar-refractivity contribution in [1.29, 1.82) is 0 Å². The Balaban J connectivity index is 2.27. The van der Waals surface area contributed by atoms with Crippen LogP contribution >= 0.6 is 0 Å². The number of nitrogens with zero attached hydrogens (tertiary/aromatic N) is 3. The lowest BCUT2D eigenvalue weighted by Gasteiger charge is -2.28. The lowest BCUT2D eigenvalue weighted by atomic mass is 10.1. The SMILES string of the molecule is CNc1nc(C)cc(N2CCCCCC2C)n1. The molecule has 4 nitrogen and oxygen atoms in total. The van der Waals surface area contributed by atoms with E-state index in [1.807, 2.05) is 14.0 Å². The summed E-state index contributed by atoms with van der Waals surface area (Å²) in [5.41, 5.74) is 1.02. The maximum atomic E-state index is 4.57. The Bertz CT molecular complexity index is 378. The van der Waals surface area contributed by atoms with Gasteiger partial charge in [0.2, 0.25) is 5.95 Å². The summed E-state index contributed by atoms with van der Waals surface area (Å²) in [6.45, 7) is 5.43. The maximum Gasteiger partial charge on any atom is 0.224 e. The van der Waals surface area contributed by atoms with Crippen LogP contribution in [-0.2, 0) is 0 Å². The lowest BCUT2D eigenvalue weighted by Crippen LogP contribution is -2.33. The first-order chi connectivity index (χ1) is 8.20. The summed E-state index contributed by atoms with van der Waals surface area (Å²) in [7, 11) is 1.87. The van der Waals surface area contributed by atoms with E-state index in [2.05, 4.69) is 33.2 Å². The molecular weight excluding hydrogens is 212 g/mol. The number of aryl methyl sites for hydroxylation is 1. The molecule has 0 radical (unpaired) electrons. The van der Waals surface area contributed by atoms with Crippen LogP contribution in [0.15, 0.2) is 6.07 Å². The molecule has 0 saturated carbocycles. The van der Waals surface area contributed by atoms with E-state index in [1.54, 1.807) is 0 Å². The van der Waals surface area contributed by atoms with Gasteiger partial charge in [0.1, 0.15) is 5.82 Å². The zero-order chi connectivity index (χ0) is 12.3. The van der Waals surface area contributed by atoms with Crippen molar-refractivity contribution in [1.82, 2.24) is 9.97 Å². The molecule has 1 fully saturated rings. The molecule has 0 spiro atoms. The Hall–Kier alpha value is -1.32. The topological polar surface area (TPSA) is 41.1 Å². The van der Waals surface area contributed by atoms with Gasteiger partial charge in [0, 0.05) is 31.4 Å². The smallest absolute Gasteiger partial charge is 0.224 e. The van der Waals surface area contributed by atoms with E-state index >= 15 is 0 Å². The molecule has 0 amide bonds. The molecule has 0 aromatic carbocycles. The molecule has 17 heavy (non-hydrogen) atoms. The van der Waals surface area contributed by atoms with Crippen LogP contribution < -0.4 is 10.2 Å². The molecule has 2 rings (SSSR count). The predicted molar refractivity (Wildman–Crippen MR) is 71.6 cm³/mol. The Morgan fingerprint density at radius 2 is 2.12 bits per heavy atom. The van der Waals surface area contributed by atoms with Gasteiger partial charge in [-0.25, -0.2) is 4.98 Å². The predicted octanol–water partition coefficient (Wildman–Crippen LogP) is 2.60. The van der Waals surface area contributed by atoms with Gasteiger partial charge in [0.05, 0.1) is 0 Å². The van der Waals surface area contributed by atoms with Crippen LogP contribution in [0, 0.1) is 6.92 Å². The van der Waals surface area contributed by atoms with E-state index in [4.69, 9.17) is 0 Å². The first-order valence-electron chi connectivity index (χ1n) is 6.51. The molecular formula is C13H22N4. The molecule has 1 N–H and O–H groups in total. The normalized spacial score (nSPS) is 21.1. The van der Waals surface area contributed by atoms with Crippen LogP contribution in [0.5, 0.6) is 0 Å². The van der Waals surface area contributed by atoms with Gasteiger partial charge >= 0.3 is 0 Å². The second-order valence-electron chi connectivity index (χ2n) is 4.83. The van der Waals surface area contributed by atoms with Crippen molar-refractivity contribution in [2.45, 2.75) is 45.6 Å². The number of anilines is 2. The highest BCUT2D eigenvalue weighted by Gasteiger charge is 2.19. The van der Waals surface area contributed by atoms with Gasteiger partial charge < -0.3 is 10.2 Å². The van der Waals surface area contributed by atoms with Gasteiger partial charge in [-0.3, -0.25) is 0 Å². The highest BCUT2D eigenvalue weighted by molar-refractivity contribution is 5.45. The Morgan fingerprint density at radius 1 is 1.29 bits per heavy atom. The van der Waals surface area contributed by atoms with Gasteiger partial charge in [0.15, 0.2) is 0 Å². The zero-order valence-electron chi connectivity index (χ0n) is 11.0. The molecule has 1 aromatic heterocycles. The van der Waals surface area contributed by atoms with Gasteiger partial charge in [-0.15, -0.1) is 0 Å². The van der Waals surface area contributed by atoms with E-state index in [1.165, 1.54) is 25.7 Å². The number of rotatable bonds is 2. The largest absolute Gasteiger partial charge is 0.357 e. The summed E-state index contributed by atoms with van der Waals surface area (Å²) < 4.78 is 0. The highest BCUT2D eigenvalue weighted by atomic mass is 15.2. The van der Waals surface area contributed by atoms with Crippen molar-refractivity contribution < 1.29 is 0 Å². The minimum atomic E-state index is 0.580. The average Bonchev–Trinajstić information content (AvgIpc) is 2.53. The molecule has 1 aliphatic rings. The molecule has 94 valence electrons. The molecule has 1 aliphatic heterocycles. The standard InChI is InChI=1S/C13H22N4/c1-10-9-12(16-13(14-3)15-10)17-8-6-4-5-7-11(17)2/h9,11H,4-8H2,1-3H3,(H,14,15,16). The van der Waals surface area contributed by atoms with Crippen molar-refractivity contribution >= 4 is 11.8 Å². The maximum absolute atomic E-state index is 4.57. The van der Waals surface area contributed by atoms with Crippen molar-refractivity contribution in [2.75, 3.05) is 23.8 Å². The highest BCUT2D eigenvalue weighted by Crippen LogP contribution is 2.23. The minimum absolute atomic E-state index is 0.580. The Kier molecular flexibility index (Phi) is 3.82. The quantitative estimate of drug-likeness (QED) is 0.854. The van der Waals surface area contributed by atoms with E-state index in [-0.39, 0.29) is 0 Å². The summed E-state index contributed by atoms with van der Waals surface area (Å²) >= 11 is 0. The third kappa shape index (κ3) is 2.87.